The molecule has 3 rings (SSSR count). The molecule has 34 heavy (non-hydrogen) atoms. The first kappa shape index (κ1) is 27.1. The standard InChI is InChI=1S/C29H44O4Si/c1-9-29(10-2)31-21-25(33-29)26(30-8)28(6,7)22-32-34(27(3,4)5,23-17-13-11-14-18-23)24-19-15-12-16-20-24/h11-20,25-26H,9-10,21-22H2,1-8H3/t25-,26-/m1/s1. The van der Waals surface area contributed by atoms with Crippen LogP contribution in [0.15, 0.2) is 60.7 Å². The predicted octanol–water partition coefficient (Wildman–Crippen LogP) is 5.54. The van der Waals surface area contributed by atoms with Crippen molar-refractivity contribution in [1.82, 2.24) is 0 Å². The molecule has 0 unspecified atom stereocenters. The topological polar surface area (TPSA) is 36.9 Å². The highest BCUT2D eigenvalue weighted by atomic mass is 28.4. The molecule has 4 nitrogen and oxygen atoms in total. The number of ether oxygens (including phenoxy) is 3. The molecule has 1 aliphatic rings. The summed E-state index contributed by atoms with van der Waals surface area (Å²) < 4.78 is 25.9. The Hall–Kier alpha value is -1.50. The summed E-state index contributed by atoms with van der Waals surface area (Å²) in [6.07, 6.45) is 1.39. The first-order valence-corrected chi connectivity index (χ1v) is 14.6. The largest absolute Gasteiger partial charge is 0.407 e. The number of methoxy groups -OCH3 is 1. The number of rotatable bonds is 10. The van der Waals surface area contributed by atoms with Gasteiger partial charge in [-0.2, -0.15) is 0 Å². The molecule has 1 aliphatic heterocycles. The van der Waals surface area contributed by atoms with Crippen molar-refractivity contribution >= 4 is 18.7 Å². The highest BCUT2D eigenvalue weighted by Gasteiger charge is 2.52. The lowest BCUT2D eigenvalue weighted by atomic mass is 9.84. The van der Waals surface area contributed by atoms with E-state index in [0.717, 1.165) is 12.8 Å². The zero-order valence-electron chi connectivity index (χ0n) is 22.4. The van der Waals surface area contributed by atoms with Crippen LogP contribution < -0.4 is 10.4 Å². The van der Waals surface area contributed by atoms with Crippen molar-refractivity contribution in [3.05, 3.63) is 60.7 Å². The molecule has 0 aliphatic carbocycles. The molecule has 0 radical (unpaired) electrons. The van der Waals surface area contributed by atoms with Gasteiger partial charge in [0, 0.05) is 19.1 Å². The van der Waals surface area contributed by atoms with E-state index in [1.54, 1.807) is 7.11 Å². The van der Waals surface area contributed by atoms with Gasteiger partial charge in [-0.05, 0) is 28.3 Å². The van der Waals surface area contributed by atoms with Crippen LogP contribution in [0.5, 0.6) is 0 Å². The van der Waals surface area contributed by atoms with Crippen LogP contribution in [0.1, 0.15) is 61.3 Å². The first-order chi connectivity index (χ1) is 16.0. The Labute approximate surface area is 208 Å². The van der Waals surface area contributed by atoms with Gasteiger partial charge in [-0.1, -0.05) is 109 Å². The smallest absolute Gasteiger partial charge is 0.261 e. The lowest BCUT2D eigenvalue weighted by Gasteiger charge is -2.46. The SMILES string of the molecule is CCC1(CC)OC[C@H]([C@@H](OC)C(C)(C)CO[Si](c2ccccc2)(c2ccccc2)C(C)(C)C)O1. The lowest BCUT2D eigenvalue weighted by Crippen LogP contribution is -2.67. The van der Waals surface area contributed by atoms with E-state index < -0.39 is 14.1 Å². The summed E-state index contributed by atoms with van der Waals surface area (Å²) in [6, 6.07) is 21.6. The third kappa shape index (κ3) is 5.19. The molecule has 2 aromatic rings. The molecule has 0 bridgehead atoms. The monoisotopic (exact) mass is 484 g/mol. The molecule has 0 amide bonds. The highest BCUT2D eigenvalue weighted by Crippen LogP contribution is 2.41. The third-order valence-corrected chi connectivity index (χ3v) is 12.4. The maximum absolute atomic E-state index is 7.24. The van der Waals surface area contributed by atoms with Crippen LogP contribution in [0.25, 0.3) is 0 Å². The maximum atomic E-state index is 7.24. The van der Waals surface area contributed by atoms with Gasteiger partial charge in [-0.15, -0.1) is 0 Å². The van der Waals surface area contributed by atoms with Crippen LogP contribution >= 0.6 is 0 Å². The van der Waals surface area contributed by atoms with Crippen molar-refractivity contribution in [2.45, 2.75) is 84.3 Å². The predicted molar refractivity (Wildman–Crippen MR) is 142 cm³/mol. The van der Waals surface area contributed by atoms with E-state index in [2.05, 4.69) is 109 Å². The normalized spacial score (nSPS) is 19.8. The lowest BCUT2D eigenvalue weighted by molar-refractivity contribution is -0.193. The van der Waals surface area contributed by atoms with E-state index >= 15 is 0 Å². The summed E-state index contributed by atoms with van der Waals surface area (Å²) in [4.78, 5) is 0. The Morgan fingerprint density at radius 3 is 1.79 bits per heavy atom. The number of hydrogen-bond acceptors (Lipinski definition) is 4. The second-order valence-electron chi connectivity index (χ2n) is 11.2. The molecule has 2 aromatic carbocycles. The maximum Gasteiger partial charge on any atom is 0.261 e. The molecule has 188 valence electrons. The molecular formula is C29H44O4Si. The number of benzene rings is 2. The molecule has 5 heteroatoms. The average Bonchev–Trinajstić information content (AvgIpc) is 3.25. The molecule has 0 aromatic heterocycles. The minimum absolute atomic E-state index is 0.0686. The molecule has 0 spiro atoms. The Balaban J connectivity index is 1.96. The molecule has 1 heterocycles. The number of hydrogen-bond donors (Lipinski definition) is 0. The second-order valence-corrected chi connectivity index (χ2v) is 15.5. The first-order valence-electron chi connectivity index (χ1n) is 12.6. The fourth-order valence-corrected chi connectivity index (χ4v) is 10.2. The van der Waals surface area contributed by atoms with Crippen LogP contribution in [-0.4, -0.2) is 46.6 Å². The fraction of sp³-hybridized carbons (Fsp3) is 0.586. The van der Waals surface area contributed by atoms with Gasteiger partial charge in [0.15, 0.2) is 5.79 Å². The van der Waals surface area contributed by atoms with Gasteiger partial charge in [-0.3, -0.25) is 0 Å². The van der Waals surface area contributed by atoms with E-state index in [9.17, 15) is 0 Å². The van der Waals surface area contributed by atoms with Crippen LogP contribution in [0.2, 0.25) is 5.04 Å². The van der Waals surface area contributed by atoms with Crippen LogP contribution in [0, 0.1) is 5.41 Å². The summed E-state index contributed by atoms with van der Waals surface area (Å²) in [5.41, 5.74) is -0.284. The van der Waals surface area contributed by atoms with E-state index in [4.69, 9.17) is 18.6 Å². The van der Waals surface area contributed by atoms with Crippen LogP contribution in [-0.2, 0) is 18.6 Å². The molecular weight excluding hydrogens is 440 g/mol. The molecule has 1 saturated heterocycles. The van der Waals surface area contributed by atoms with E-state index in [1.807, 2.05) is 0 Å². The summed E-state index contributed by atoms with van der Waals surface area (Å²) in [5.74, 6) is -0.504. The van der Waals surface area contributed by atoms with Gasteiger partial charge >= 0.3 is 0 Å². The van der Waals surface area contributed by atoms with Gasteiger partial charge in [0.05, 0.1) is 12.7 Å². The van der Waals surface area contributed by atoms with Gasteiger partial charge < -0.3 is 18.6 Å². The van der Waals surface area contributed by atoms with E-state index in [1.165, 1.54) is 10.4 Å². The Kier molecular flexibility index (Phi) is 8.47. The van der Waals surface area contributed by atoms with Crippen molar-refractivity contribution in [3.8, 4) is 0 Å². The van der Waals surface area contributed by atoms with Crippen molar-refractivity contribution < 1.29 is 18.6 Å². The quantitative estimate of drug-likeness (QED) is 0.415. The summed E-state index contributed by atoms with van der Waals surface area (Å²) in [7, 11) is -0.853. The van der Waals surface area contributed by atoms with Crippen LogP contribution in [0.3, 0.4) is 0 Å². The minimum Gasteiger partial charge on any atom is -0.407 e. The van der Waals surface area contributed by atoms with Gasteiger partial charge in [0.2, 0.25) is 0 Å². The second kappa shape index (κ2) is 10.6. The van der Waals surface area contributed by atoms with Crippen molar-refractivity contribution in [1.29, 1.82) is 0 Å². The van der Waals surface area contributed by atoms with Crippen molar-refractivity contribution in [2.24, 2.45) is 5.41 Å². The zero-order chi connectivity index (χ0) is 25.0. The van der Waals surface area contributed by atoms with Crippen LogP contribution in [0.4, 0.5) is 0 Å². The third-order valence-electron chi connectivity index (χ3n) is 7.39. The molecule has 0 N–H and O–H groups in total. The van der Waals surface area contributed by atoms with Gasteiger partial charge in [0.25, 0.3) is 8.32 Å². The minimum atomic E-state index is -2.63. The summed E-state index contributed by atoms with van der Waals surface area (Å²) >= 11 is 0. The summed E-state index contributed by atoms with van der Waals surface area (Å²) in [6.45, 7) is 16.7. The molecule has 1 fully saturated rings. The molecule has 0 saturated carbocycles. The Bertz CT molecular complexity index is 848. The van der Waals surface area contributed by atoms with E-state index in [0.29, 0.717) is 13.2 Å². The fourth-order valence-electron chi connectivity index (χ4n) is 5.46. The Morgan fingerprint density at radius 2 is 1.41 bits per heavy atom. The Morgan fingerprint density at radius 1 is 0.912 bits per heavy atom. The summed E-state index contributed by atoms with van der Waals surface area (Å²) in [5, 5.41) is 2.51. The molecule has 2 atom stereocenters. The zero-order valence-corrected chi connectivity index (χ0v) is 23.4. The average molecular weight is 485 g/mol. The van der Waals surface area contributed by atoms with E-state index in [-0.39, 0.29) is 22.7 Å². The van der Waals surface area contributed by atoms with Gasteiger partial charge in [0.1, 0.15) is 6.10 Å². The highest BCUT2D eigenvalue weighted by molar-refractivity contribution is 6.99. The van der Waals surface area contributed by atoms with Crippen molar-refractivity contribution in [3.63, 3.8) is 0 Å². The van der Waals surface area contributed by atoms with Gasteiger partial charge in [-0.25, -0.2) is 0 Å². The van der Waals surface area contributed by atoms with Crippen molar-refractivity contribution in [2.75, 3.05) is 20.3 Å².